The Kier molecular flexibility index (Phi) is 9.83. The van der Waals surface area contributed by atoms with Crippen LogP contribution in [0.3, 0.4) is 0 Å². The van der Waals surface area contributed by atoms with Crippen LogP contribution in [-0.2, 0) is 28.8 Å². The lowest BCUT2D eigenvalue weighted by molar-refractivity contribution is 0.0532. The summed E-state index contributed by atoms with van der Waals surface area (Å²) in [6, 6.07) is 19.2. The van der Waals surface area contributed by atoms with Gasteiger partial charge in [0.1, 0.15) is 29.4 Å². The van der Waals surface area contributed by atoms with Crippen molar-refractivity contribution in [1.29, 1.82) is 0 Å². The van der Waals surface area contributed by atoms with Crippen LogP contribution in [0.25, 0.3) is 0 Å². The third-order valence-corrected chi connectivity index (χ3v) is 10.7. The number of rotatable bonds is 13. The molecule has 0 aliphatic carbocycles. The maximum absolute atomic E-state index is 14.1. The molecule has 0 radical (unpaired) electrons. The third kappa shape index (κ3) is 7.93. The Bertz CT molecular complexity index is 1400. The summed E-state index contributed by atoms with van der Waals surface area (Å²) in [5.41, 5.74) is 5.57. The topological polar surface area (TPSA) is 71.1 Å². The zero-order valence-corrected chi connectivity index (χ0v) is 26.9. The van der Waals surface area contributed by atoms with Gasteiger partial charge in [-0.3, -0.25) is 0 Å². The Morgan fingerprint density at radius 3 is 2.10 bits per heavy atom. The summed E-state index contributed by atoms with van der Waals surface area (Å²) in [6.07, 6.45) is 3.47. The summed E-state index contributed by atoms with van der Waals surface area (Å²) in [4.78, 5) is 12.8. The molecule has 41 heavy (non-hydrogen) atoms. The Balaban J connectivity index is 1.66. The first-order valence-corrected chi connectivity index (χ1v) is 19.6. The number of carbonyl (C=O) groups excluding carboxylic acids is 1. The molecule has 0 saturated carbocycles. The molecule has 218 valence electrons. The zero-order chi connectivity index (χ0) is 29.6. The molecule has 0 bridgehead atoms. The fourth-order valence-corrected chi connectivity index (χ4v) is 7.46. The Labute approximate surface area is 245 Å². The first-order valence-electron chi connectivity index (χ1n) is 14.2. The molecule has 0 N–H and O–H groups in total. The molecular weight excluding hydrogens is 551 g/mol. The monoisotopic (exact) mass is 592 g/mol. The zero-order valence-electron chi connectivity index (χ0n) is 25.0. The number of hydrogen-bond acceptors (Lipinski definition) is 6. The van der Waals surface area contributed by atoms with Crippen molar-refractivity contribution in [2.75, 3.05) is 12.8 Å². The van der Waals surface area contributed by atoms with Crippen LogP contribution in [0.2, 0.25) is 25.7 Å². The molecule has 0 unspecified atom stereocenters. The quantitative estimate of drug-likeness (QED) is 0.0855. The summed E-state index contributed by atoms with van der Waals surface area (Å²) >= 11 is 0. The van der Waals surface area contributed by atoms with Gasteiger partial charge in [-0.2, -0.15) is 0 Å². The lowest BCUT2D eigenvalue weighted by Gasteiger charge is -2.22. The molecule has 8 heteroatoms. The highest BCUT2D eigenvalue weighted by molar-refractivity contribution is 7.54. The van der Waals surface area contributed by atoms with Crippen molar-refractivity contribution in [1.82, 2.24) is 0 Å². The molecule has 0 aromatic heterocycles. The minimum absolute atomic E-state index is 0.107. The summed E-state index contributed by atoms with van der Waals surface area (Å²) in [5.74, 6) is 1.28. The van der Waals surface area contributed by atoms with E-state index >= 15 is 0 Å². The second-order valence-electron chi connectivity index (χ2n) is 11.7. The van der Waals surface area contributed by atoms with Crippen LogP contribution in [0.5, 0.6) is 17.2 Å². The molecule has 1 aliphatic heterocycles. The average Bonchev–Trinajstić information content (AvgIpc) is 3.30. The molecule has 1 heterocycles. The van der Waals surface area contributed by atoms with E-state index in [9.17, 15) is 9.36 Å². The highest BCUT2D eigenvalue weighted by atomic mass is 31.2. The van der Waals surface area contributed by atoms with Gasteiger partial charge in [-0.25, -0.2) is 9.36 Å². The van der Waals surface area contributed by atoms with Crippen LogP contribution in [0.15, 0.2) is 72.3 Å². The summed E-state index contributed by atoms with van der Waals surface area (Å²) in [5, 5.41) is 0. The average molecular weight is 593 g/mol. The second-order valence-corrected chi connectivity index (χ2v) is 19.2. The van der Waals surface area contributed by atoms with Crippen molar-refractivity contribution in [2.24, 2.45) is 0 Å². The van der Waals surface area contributed by atoms with Crippen molar-refractivity contribution in [2.45, 2.75) is 65.9 Å². The standard InChI is InChI=1S/C33H41O6PSi/c1-7-28-25(3)30-22-37-33(34)31(30)32(36-20-21-41(4,5)6)29(28)19-18-24(2)23-40(35,38-26-14-10-8-11-15-26)39-27-16-12-9-13-17-27/h8-18H,7,19-23H2,1-6H3/b24-18+. The largest absolute Gasteiger partial charge is 0.493 e. The van der Waals surface area contributed by atoms with Crippen LogP contribution in [0, 0.1) is 6.92 Å². The van der Waals surface area contributed by atoms with Crippen molar-refractivity contribution in [3.8, 4) is 17.2 Å². The highest BCUT2D eigenvalue weighted by Crippen LogP contribution is 2.50. The maximum atomic E-state index is 14.1. The predicted octanol–water partition coefficient (Wildman–Crippen LogP) is 8.78. The molecule has 1 aliphatic rings. The molecular formula is C33H41O6PSi. The van der Waals surface area contributed by atoms with Gasteiger partial charge in [0.25, 0.3) is 0 Å². The molecule has 0 saturated heterocycles. The third-order valence-electron chi connectivity index (χ3n) is 7.15. The predicted molar refractivity (Wildman–Crippen MR) is 167 cm³/mol. The van der Waals surface area contributed by atoms with Crippen LogP contribution >= 0.6 is 7.60 Å². The van der Waals surface area contributed by atoms with E-state index in [1.807, 2.05) is 49.4 Å². The Hall–Kier alpha value is -3.28. The number of ether oxygens (including phenoxy) is 2. The highest BCUT2D eigenvalue weighted by Gasteiger charge is 2.33. The fourth-order valence-electron chi connectivity index (χ4n) is 4.95. The molecule has 0 amide bonds. The first kappa shape index (κ1) is 30.7. The fraction of sp³-hybridized carbons (Fsp3) is 0.364. The molecule has 3 aromatic carbocycles. The smallest absolute Gasteiger partial charge is 0.434 e. The van der Waals surface area contributed by atoms with E-state index in [2.05, 4.69) is 33.5 Å². The first-order chi connectivity index (χ1) is 19.5. The van der Waals surface area contributed by atoms with Gasteiger partial charge in [0.15, 0.2) is 0 Å². The number of allylic oxidation sites excluding steroid dienone is 2. The van der Waals surface area contributed by atoms with Crippen LogP contribution in [0.4, 0.5) is 0 Å². The van der Waals surface area contributed by atoms with E-state index in [0.717, 1.165) is 34.7 Å². The number of carbonyl (C=O) groups is 1. The SMILES string of the molecule is CCc1c(C)c2c(c(OCC[Si](C)(C)C)c1C/C=C(\C)CP(=O)(Oc1ccccc1)Oc1ccccc1)C(=O)OC2. The van der Waals surface area contributed by atoms with Crippen molar-refractivity contribution in [3.05, 3.63) is 100 Å². The number of para-hydroxylation sites is 2. The van der Waals surface area contributed by atoms with E-state index in [-0.39, 0.29) is 18.7 Å². The number of hydrogen-bond donors (Lipinski definition) is 0. The van der Waals surface area contributed by atoms with Gasteiger partial charge in [-0.15, -0.1) is 0 Å². The number of benzene rings is 3. The number of fused-ring (bicyclic) bond motifs is 1. The molecule has 0 fully saturated rings. The normalized spacial score (nSPS) is 13.5. The van der Waals surface area contributed by atoms with Gasteiger partial charge < -0.3 is 18.5 Å². The lowest BCUT2D eigenvalue weighted by atomic mass is 9.89. The molecule has 0 atom stereocenters. The van der Waals surface area contributed by atoms with Gasteiger partial charge in [0.2, 0.25) is 0 Å². The van der Waals surface area contributed by atoms with Crippen molar-refractivity contribution < 1.29 is 27.9 Å². The number of esters is 1. The van der Waals surface area contributed by atoms with E-state index < -0.39 is 15.7 Å². The molecule has 6 nitrogen and oxygen atoms in total. The number of cyclic esters (lactones) is 1. The van der Waals surface area contributed by atoms with E-state index in [1.165, 1.54) is 5.56 Å². The lowest BCUT2D eigenvalue weighted by Crippen LogP contribution is -2.23. The van der Waals surface area contributed by atoms with E-state index in [1.54, 1.807) is 24.3 Å². The Morgan fingerprint density at radius 2 is 1.56 bits per heavy atom. The summed E-state index contributed by atoms with van der Waals surface area (Å²) < 4.78 is 37.9. The molecule has 0 spiro atoms. The molecule has 4 rings (SSSR count). The Morgan fingerprint density at radius 1 is 0.976 bits per heavy atom. The van der Waals surface area contributed by atoms with Crippen LogP contribution in [0.1, 0.15) is 46.5 Å². The van der Waals surface area contributed by atoms with Crippen molar-refractivity contribution >= 4 is 21.6 Å². The van der Waals surface area contributed by atoms with Gasteiger partial charge in [0.05, 0.1) is 12.8 Å². The van der Waals surface area contributed by atoms with Crippen molar-refractivity contribution in [3.63, 3.8) is 0 Å². The summed E-state index contributed by atoms with van der Waals surface area (Å²) in [6.45, 7) is 13.9. The van der Waals surface area contributed by atoms with Crippen LogP contribution < -0.4 is 13.8 Å². The molecule has 3 aromatic rings. The maximum Gasteiger partial charge on any atom is 0.434 e. The van der Waals surface area contributed by atoms with E-state index in [4.69, 9.17) is 18.5 Å². The van der Waals surface area contributed by atoms with Gasteiger partial charge >= 0.3 is 13.6 Å². The minimum atomic E-state index is -3.61. The van der Waals surface area contributed by atoms with Gasteiger partial charge in [-0.1, -0.05) is 74.6 Å². The van der Waals surface area contributed by atoms with E-state index in [0.29, 0.717) is 35.8 Å². The van der Waals surface area contributed by atoms with Gasteiger partial charge in [0, 0.05) is 19.2 Å². The minimum Gasteiger partial charge on any atom is -0.493 e. The van der Waals surface area contributed by atoms with Gasteiger partial charge in [-0.05, 0) is 68.1 Å². The second kappa shape index (κ2) is 13.1. The summed E-state index contributed by atoms with van der Waals surface area (Å²) in [7, 11) is -4.95. The van der Waals surface area contributed by atoms with Crippen LogP contribution in [-0.4, -0.2) is 26.8 Å².